The van der Waals surface area contributed by atoms with E-state index in [1.54, 1.807) is 0 Å². The van der Waals surface area contributed by atoms with E-state index in [0.29, 0.717) is 24.5 Å². The zero-order valence-electron chi connectivity index (χ0n) is 15.7. The third-order valence-electron chi connectivity index (χ3n) is 4.43. The summed E-state index contributed by atoms with van der Waals surface area (Å²) in [4.78, 5) is 16.8. The van der Waals surface area contributed by atoms with Crippen molar-refractivity contribution in [2.75, 3.05) is 36.4 Å². The molecule has 26 heavy (non-hydrogen) atoms. The first-order valence-electron chi connectivity index (χ1n) is 9.16. The van der Waals surface area contributed by atoms with Crippen molar-refractivity contribution in [1.29, 1.82) is 0 Å². The number of benzene rings is 2. The number of hydrogen-bond acceptors (Lipinski definition) is 3. The molecule has 5 heteroatoms. The number of aryl methyl sites for hydroxylation is 1. The lowest BCUT2D eigenvalue weighted by Gasteiger charge is -2.36. The molecule has 0 saturated carbocycles. The topological polar surface area (TPSA) is 44.8 Å². The van der Waals surface area contributed by atoms with Crippen molar-refractivity contribution in [3.05, 3.63) is 54.1 Å². The Morgan fingerprint density at radius 1 is 1.04 bits per heavy atom. The molecule has 1 aliphatic heterocycles. The molecule has 0 aliphatic carbocycles. The van der Waals surface area contributed by atoms with Gasteiger partial charge in [-0.1, -0.05) is 24.3 Å². The molecular weight excluding hydrogens is 326 g/mol. The van der Waals surface area contributed by atoms with Crippen LogP contribution in [-0.4, -0.2) is 43.2 Å². The Balaban J connectivity index is 1.59. The highest BCUT2D eigenvalue weighted by Gasteiger charge is 2.22. The Kier molecular flexibility index (Phi) is 5.66. The molecule has 3 rings (SSSR count). The molecule has 1 heterocycles. The van der Waals surface area contributed by atoms with Gasteiger partial charge >= 0.3 is 6.03 Å². The van der Waals surface area contributed by atoms with Crippen LogP contribution >= 0.6 is 0 Å². The molecule has 138 valence electrons. The number of ether oxygens (including phenoxy) is 1. The normalized spacial score (nSPS) is 14.5. The lowest BCUT2D eigenvalue weighted by Crippen LogP contribution is -2.50. The molecule has 2 aromatic carbocycles. The Hall–Kier alpha value is -2.69. The zero-order chi connectivity index (χ0) is 18.5. The second-order valence-electron chi connectivity index (χ2n) is 6.91. The number of nitrogens with zero attached hydrogens (tertiary/aromatic N) is 2. The van der Waals surface area contributed by atoms with Crippen molar-refractivity contribution in [3.63, 3.8) is 0 Å². The number of carbonyl (C=O) groups excluding carboxylic acids is 1. The van der Waals surface area contributed by atoms with Gasteiger partial charge in [0.2, 0.25) is 0 Å². The van der Waals surface area contributed by atoms with Gasteiger partial charge in [-0.05, 0) is 50.6 Å². The van der Waals surface area contributed by atoms with Crippen molar-refractivity contribution >= 4 is 17.4 Å². The van der Waals surface area contributed by atoms with Gasteiger partial charge in [-0.25, -0.2) is 4.79 Å². The van der Waals surface area contributed by atoms with Crippen LogP contribution in [0.3, 0.4) is 0 Å². The van der Waals surface area contributed by atoms with Crippen molar-refractivity contribution in [3.8, 4) is 5.75 Å². The quantitative estimate of drug-likeness (QED) is 0.899. The fraction of sp³-hybridized carbons (Fsp3) is 0.381. The van der Waals surface area contributed by atoms with Crippen LogP contribution in [0.1, 0.15) is 19.4 Å². The van der Waals surface area contributed by atoms with Gasteiger partial charge in [-0.3, -0.25) is 0 Å². The Morgan fingerprint density at radius 2 is 1.77 bits per heavy atom. The van der Waals surface area contributed by atoms with Crippen molar-refractivity contribution < 1.29 is 9.53 Å². The third kappa shape index (κ3) is 4.48. The Labute approximate surface area is 155 Å². The number of carbonyl (C=O) groups is 1. The van der Waals surface area contributed by atoms with Gasteiger partial charge in [0, 0.05) is 31.9 Å². The highest BCUT2D eigenvalue weighted by atomic mass is 16.5. The minimum atomic E-state index is -0.0753. The van der Waals surface area contributed by atoms with Gasteiger partial charge in [-0.2, -0.15) is 0 Å². The predicted molar refractivity (Wildman–Crippen MR) is 106 cm³/mol. The number of anilines is 2. The molecule has 1 aliphatic rings. The highest BCUT2D eigenvalue weighted by Crippen LogP contribution is 2.25. The summed E-state index contributed by atoms with van der Waals surface area (Å²) in [6.45, 7) is 9.12. The monoisotopic (exact) mass is 353 g/mol. The average Bonchev–Trinajstić information content (AvgIpc) is 2.63. The maximum atomic E-state index is 12.6. The number of hydrogen-bond donors (Lipinski definition) is 1. The lowest BCUT2D eigenvalue weighted by molar-refractivity contribution is 0.207. The number of piperazine rings is 1. The van der Waals surface area contributed by atoms with E-state index in [1.165, 1.54) is 11.3 Å². The van der Waals surface area contributed by atoms with Crippen LogP contribution in [0, 0.1) is 6.92 Å². The SMILES string of the molecule is Cc1cccc(N2CCN(C(=O)Nc3ccccc3OC(C)C)CC2)c1. The first-order valence-corrected chi connectivity index (χ1v) is 9.16. The molecule has 5 nitrogen and oxygen atoms in total. The number of urea groups is 1. The average molecular weight is 353 g/mol. The summed E-state index contributed by atoms with van der Waals surface area (Å²) in [6.07, 6.45) is 0.0610. The van der Waals surface area contributed by atoms with Crippen LogP contribution < -0.4 is 15.0 Å². The number of para-hydroxylation sites is 2. The molecule has 0 spiro atoms. The van der Waals surface area contributed by atoms with Crippen LogP contribution in [0.2, 0.25) is 0 Å². The largest absolute Gasteiger partial charge is 0.489 e. The number of amides is 2. The van der Waals surface area contributed by atoms with Crippen LogP contribution in [0.25, 0.3) is 0 Å². The molecule has 1 fully saturated rings. The van der Waals surface area contributed by atoms with Gasteiger partial charge in [-0.15, -0.1) is 0 Å². The molecule has 0 atom stereocenters. The standard InChI is InChI=1S/C21H27N3O2/c1-16(2)26-20-10-5-4-9-19(20)22-21(25)24-13-11-23(12-14-24)18-8-6-7-17(3)15-18/h4-10,15-16H,11-14H2,1-3H3,(H,22,25). The molecule has 2 aromatic rings. The minimum absolute atomic E-state index is 0.0610. The van der Waals surface area contributed by atoms with E-state index in [0.717, 1.165) is 13.1 Å². The molecule has 0 unspecified atom stereocenters. The van der Waals surface area contributed by atoms with Gasteiger partial charge in [0.05, 0.1) is 11.8 Å². The van der Waals surface area contributed by atoms with E-state index in [2.05, 4.69) is 41.4 Å². The van der Waals surface area contributed by atoms with E-state index in [-0.39, 0.29) is 12.1 Å². The Bertz CT molecular complexity index is 752. The summed E-state index contributed by atoms with van der Waals surface area (Å²) in [5.41, 5.74) is 3.19. The van der Waals surface area contributed by atoms with Gasteiger partial charge < -0.3 is 19.9 Å². The van der Waals surface area contributed by atoms with E-state index in [9.17, 15) is 4.79 Å². The summed E-state index contributed by atoms with van der Waals surface area (Å²) in [6, 6.07) is 16.0. The van der Waals surface area contributed by atoms with E-state index in [4.69, 9.17) is 4.74 Å². The summed E-state index contributed by atoms with van der Waals surface area (Å²) in [7, 11) is 0. The van der Waals surface area contributed by atoms with Crippen molar-refractivity contribution in [1.82, 2.24) is 4.90 Å². The maximum Gasteiger partial charge on any atom is 0.322 e. The molecule has 0 aromatic heterocycles. The van der Waals surface area contributed by atoms with Crippen LogP contribution in [0.5, 0.6) is 5.75 Å². The van der Waals surface area contributed by atoms with E-state index < -0.39 is 0 Å². The van der Waals surface area contributed by atoms with Gasteiger partial charge in [0.15, 0.2) is 0 Å². The molecule has 0 bridgehead atoms. The van der Waals surface area contributed by atoms with E-state index >= 15 is 0 Å². The first-order chi connectivity index (χ1) is 12.5. The number of nitrogens with one attached hydrogen (secondary N) is 1. The summed E-state index contributed by atoms with van der Waals surface area (Å²) >= 11 is 0. The van der Waals surface area contributed by atoms with Gasteiger partial charge in [0.25, 0.3) is 0 Å². The van der Waals surface area contributed by atoms with E-state index in [1.807, 2.05) is 43.0 Å². The van der Waals surface area contributed by atoms with Crippen LogP contribution in [-0.2, 0) is 0 Å². The van der Waals surface area contributed by atoms with Crippen molar-refractivity contribution in [2.45, 2.75) is 26.9 Å². The molecule has 2 amide bonds. The zero-order valence-corrected chi connectivity index (χ0v) is 15.7. The fourth-order valence-corrected chi connectivity index (χ4v) is 3.11. The minimum Gasteiger partial charge on any atom is -0.489 e. The molecule has 1 N–H and O–H groups in total. The second kappa shape index (κ2) is 8.13. The van der Waals surface area contributed by atoms with Crippen LogP contribution in [0.4, 0.5) is 16.2 Å². The third-order valence-corrected chi connectivity index (χ3v) is 4.43. The predicted octanol–water partition coefficient (Wildman–Crippen LogP) is 4.14. The summed E-state index contributed by atoms with van der Waals surface area (Å²) in [5, 5.41) is 2.99. The van der Waals surface area contributed by atoms with Crippen molar-refractivity contribution in [2.24, 2.45) is 0 Å². The molecule has 0 radical (unpaired) electrons. The first kappa shape index (κ1) is 18.1. The maximum absolute atomic E-state index is 12.6. The Morgan fingerprint density at radius 3 is 2.46 bits per heavy atom. The summed E-state index contributed by atoms with van der Waals surface area (Å²) < 4.78 is 5.78. The molecule has 1 saturated heterocycles. The van der Waals surface area contributed by atoms with Crippen LogP contribution in [0.15, 0.2) is 48.5 Å². The number of rotatable bonds is 4. The van der Waals surface area contributed by atoms with Gasteiger partial charge in [0.1, 0.15) is 5.75 Å². The second-order valence-corrected chi connectivity index (χ2v) is 6.91. The lowest BCUT2D eigenvalue weighted by atomic mass is 10.2. The summed E-state index contributed by atoms with van der Waals surface area (Å²) in [5.74, 6) is 0.703. The molecular formula is C21H27N3O2. The fourth-order valence-electron chi connectivity index (χ4n) is 3.11. The smallest absolute Gasteiger partial charge is 0.322 e. The highest BCUT2D eigenvalue weighted by molar-refractivity contribution is 5.91.